The first-order chi connectivity index (χ1) is 15.7. The Bertz CT molecular complexity index is 1620. The van der Waals surface area contributed by atoms with Crippen LogP contribution in [-0.2, 0) is 0 Å². The van der Waals surface area contributed by atoms with E-state index in [1.165, 1.54) is 0 Å². The smallest absolute Gasteiger partial charge is 0.177 e. The number of rotatable bonds is 2. The molecule has 0 atom stereocenters. The van der Waals surface area contributed by atoms with Crippen molar-refractivity contribution < 1.29 is 4.74 Å². The summed E-state index contributed by atoms with van der Waals surface area (Å²) < 4.78 is 7.12. The molecule has 0 saturated carbocycles. The lowest BCUT2D eigenvalue weighted by Gasteiger charge is -2.20. The van der Waals surface area contributed by atoms with Crippen molar-refractivity contribution in [1.82, 2.24) is 15.0 Å². The number of nitrogens with one attached hydrogen (secondary N) is 2. The van der Waals surface area contributed by atoms with Crippen LogP contribution in [0.3, 0.4) is 0 Å². The number of hydrogen-bond acceptors (Lipinski definition) is 5. The number of benzene rings is 3. The molecule has 32 heavy (non-hydrogen) atoms. The van der Waals surface area contributed by atoms with Crippen molar-refractivity contribution in [2.75, 3.05) is 0 Å². The van der Waals surface area contributed by atoms with Gasteiger partial charge in [0, 0.05) is 5.56 Å². The zero-order valence-electron chi connectivity index (χ0n) is 16.6. The van der Waals surface area contributed by atoms with Crippen LogP contribution < -0.4 is 4.74 Å². The average Bonchev–Trinajstić information content (AvgIpc) is 2.82. The quantitative estimate of drug-likeness (QED) is 0.252. The third-order valence-electron chi connectivity index (χ3n) is 5.32. The zero-order chi connectivity index (χ0) is 21.7. The normalized spacial score (nSPS) is 12.1. The molecular formula is C25H15N3OS3. The molecule has 3 aromatic carbocycles. The Morgan fingerprint density at radius 1 is 0.750 bits per heavy atom. The Morgan fingerprint density at radius 2 is 1.53 bits per heavy atom. The summed E-state index contributed by atoms with van der Waals surface area (Å²) in [6.45, 7) is 0. The van der Waals surface area contributed by atoms with E-state index in [0.29, 0.717) is 15.1 Å². The fourth-order valence-electron chi connectivity index (χ4n) is 3.85. The van der Waals surface area contributed by atoms with Crippen LogP contribution in [0.5, 0.6) is 11.5 Å². The summed E-state index contributed by atoms with van der Waals surface area (Å²) in [6, 6.07) is 26.5. The van der Waals surface area contributed by atoms with Crippen molar-refractivity contribution in [3.8, 4) is 33.9 Å². The molecule has 1 aliphatic rings. The molecule has 6 rings (SSSR count). The van der Waals surface area contributed by atoms with E-state index in [0.717, 1.165) is 49.1 Å². The summed E-state index contributed by atoms with van der Waals surface area (Å²) in [5.41, 5.74) is 4.57. The van der Waals surface area contributed by atoms with Crippen LogP contribution in [0, 0.1) is 9.41 Å². The van der Waals surface area contributed by atoms with Gasteiger partial charge in [0.15, 0.2) is 4.77 Å². The standard InChI is InChI=1S/C25H15N3OS3/c30-24-22-16(14-6-2-1-3-7-14)13-17(26-23(22)27-25(31)28-24)15-10-11-19-21(12-15)32-20-9-5-4-8-18(20)29-19/h1-13H,(H2,26,27,28,30,31). The largest absolute Gasteiger partial charge is 0.455 e. The lowest BCUT2D eigenvalue weighted by Crippen LogP contribution is -1.97. The van der Waals surface area contributed by atoms with E-state index in [1.54, 1.807) is 11.8 Å². The molecule has 0 radical (unpaired) electrons. The molecule has 0 fully saturated rings. The number of aromatic amines is 2. The highest BCUT2D eigenvalue weighted by molar-refractivity contribution is 7.99. The summed E-state index contributed by atoms with van der Waals surface area (Å²) in [4.78, 5) is 13.3. The Morgan fingerprint density at radius 3 is 2.41 bits per heavy atom. The van der Waals surface area contributed by atoms with Gasteiger partial charge in [-0.1, -0.05) is 66.4 Å². The molecule has 0 unspecified atom stereocenters. The second kappa shape index (κ2) is 7.70. The van der Waals surface area contributed by atoms with Crippen LogP contribution in [0.2, 0.25) is 0 Å². The molecule has 1 aliphatic heterocycles. The topological polar surface area (TPSA) is 53.7 Å². The minimum atomic E-state index is 0.456. The SMILES string of the molecule is S=c1[nH]c(=S)c2c(-c3ccccc3)cc(-c3ccc4c(c3)Sc3ccccc3O4)nc2[nH]1. The average molecular weight is 470 g/mol. The van der Waals surface area contributed by atoms with Gasteiger partial charge in [-0.2, -0.15) is 0 Å². The number of ether oxygens (including phenoxy) is 1. The number of aromatic nitrogens is 3. The second-order valence-corrected chi connectivity index (χ2v) is 9.27. The minimum Gasteiger partial charge on any atom is -0.455 e. The highest BCUT2D eigenvalue weighted by Gasteiger charge is 2.19. The monoisotopic (exact) mass is 469 g/mol. The molecule has 5 aromatic rings. The van der Waals surface area contributed by atoms with Crippen LogP contribution in [0.1, 0.15) is 0 Å². The summed E-state index contributed by atoms with van der Waals surface area (Å²) in [5, 5.41) is 0.855. The van der Waals surface area contributed by atoms with Crippen molar-refractivity contribution in [3.63, 3.8) is 0 Å². The van der Waals surface area contributed by atoms with Gasteiger partial charge < -0.3 is 14.7 Å². The molecule has 154 valence electrons. The zero-order valence-corrected chi connectivity index (χ0v) is 19.0. The molecule has 2 aromatic heterocycles. The molecule has 3 heterocycles. The number of para-hydroxylation sites is 1. The highest BCUT2D eigenvalue weighted by Crippen LogP contribution is 2.48. The summed E-state index contributed by atoms with van der Waals surface area (Å²) in [6.07, 6.45) is 0. The van der Waals surface area contributed by atoms with Gasteiger partial charge in [0.1, 0.15) is 21.8 Å². The van der Waals surface area contributed by atoms with Gasteiger partial charge in [-0.15, -0.1) is 0 Å². The van der Waals surface area contributed by atoms with Crippen molar-refractivity contribution in [3.05, 3.63) is 88.3 Å². The van der Waals surface area contributed by atoms with Gasteiger partial charge in [-0.3, -0.25) is 0 Å². The molecule has 2 N–H and O–H groups in total. The van der Waals surface area contributed by atoms with Gasteiger partial charge in [0.05, 0.1) is 20.9 Å². The van der Waals surface area contributed by atoms with E-state index in [1.807, 2.05) is 48.5 Å². The molecule has 0 spiro atoms. The lowest BCUT2D eigenvalue weighted by molar-refractivity contribution is 0.454. The van der Waals surface area contributed by atoms with Crippen molar-refractivity contribution >= 4 is 47.2 Å². The fraction of sp³-hybridized carbons (Fsp3) is 0. The van der Waals surface area contributed by atoms with Crippen molar-refractivity contribution in [2.24, 2.45) is 0 Å². The molecule has 7 heteroatoms. The number of pyridine rings is 1. The first-order valence-corrected chi connectivity index (χ1v) is 11.6. The first kappa shape index (κ1) is 19.4. The third kappa shape index (κ3) is 3.35. The van der Waals surface area contributed by atoms with Gasteiger partial charge in [0.25, 0.3) is 0 Å². The Hall–Kier alpha value is -3.26. The molecular weight excluding hydrogens is 454 g/mol. The van der Waals surface area contributed by atoms with E-state index < -0.39 is 0 Å². The Labute approximate surface area is 198 Å². The van der Waals surface area contributed by atoms with E-state index in [4.69, 9.17) is 34.2 Å². The van der Waals surface area contributed by atoms with Gasteiger partial charge >= 0.3 is 0 Å². The van der Waals surface area contributed by atoms with Crippen LogP contribution in [0.15, 0.2) is 88.7 Å². The number of fused-ring (bicyclic) bond motifs is 3. The molecule has 0 aliphatic carbocycles. The number of hydrogen-bond donors (Lipinski definition) is 2. The van der Waals surface area contributed by atoms with Crippen LogP contribution in [-0.4, -0.2) is 15.0 Å². The van der Waals surface area contributed by atoms with Gasteiger partial charge in [-0.05, 0) is 59.7 Å². The first-order valence-electron chi connectivity index (χ1n) is 9.98. The second-order valence-electron chi connectivity index (χ2n) is 7.37. The minimum absolute atomic E-state index is 0.456. The fourth-order valence-corrected chi connectivity index (χ4v) is 5.41. The summed E-state index contributed by atoms with van der Waals surface area (Å²) in [7, 11) is 0. The third-order valence-corrected chi connectivity index (χ3v) is 6.93. The van der Waals surface area contributed by atoms with E-state index in [-0.39, 0.29) is 0 Å². The Balaban J connectivity index is 1.55. The maximum atomic E-state index is 6.08. The number of H-pyrrole nitrogens is 2. The predicted octanol–water partition coefficient (Wildman–Crippen LogP) is 7.94. The summed E-state index contributed by atoms with van der Waals surface area (Å²) >= 11 is 12.6. The van der Waals surface area contributed by atoms with Crippen LogP contribution in [0.25, 0.3) is 33.4 Å². The highest BCUT2D eigenvalue weighted by atomic mass is 32.2. The molecule has 0 saturated heterocycles. The predicted molar refractivity (Wildman–Crippen MR) is 134 cm³/mol. The van der Waals surface area contributed by atoms with Crippen molar-refractivity contribution in [1.29, 1.82) is 0 Å². The van der Waals surface area contributed by atoms with Gasteiger partial charge in [-0.25, -0.2) is 4.98 Å². The Kier molecular flexibility index (Phi) is 4.68. The lowest BCUT2D eigenvalue weighted by atomic mass is 10.0. The van der Waals surface area contributed by atoms with Crippen LogP contribution >= 0.6 is 36.2 Å². The molecule has 0 amide bonds. The van der Waals surface area contributed by atoms with Gasteiger partial charge in [0.2, 0.25) is 0 Å². The van der Waals surface area contributed by atoms with E-state index in [9.17, 15) is 0 Å². The summed E-state index contributed by atoms with van der Waals surface area (Å²) in [5.74, 6) is 1.73. The van der Waals surface area contributed by atoms with E-state index >= 15 is 0 Å². The number of nitrogens with zero attached hydrogens (tertiary/aromatic N) is 1. The van der Waals surface area contributed by atoms with Crippen LogP contribution in [0.4, 0.5) is 0 Å². The van der Waals surface area contributed by atoms with E-state index in [2.05, 4.69) is 40.3 Å². The maximum Gasteiger partial charge on any atom is 0.177 e. The molecule has 4 nitrogen and oxygen atoms in total. The molecule has 0 bridgehead atoms. The maximum absolute atomic E-state index is 6.08. The van der Waals surface area contributed by atoms with Crippen molar-refractivity contribution in [2.45, 2.75) is 9.79 Å².